The third-order valence-corrected chi connectivity index (χ3v) is 4.79. The molecule has 144 valence electrons. The predicted octanol–water partition coefficient (Wildman–Crippen LogP) is 2.07. The molecule has 9 nitrogen and oxygen atoms in total. The molecular weight excluding hydrogens is 358 g/mol. The first-order valence-corrected chi connectivity index (χ1v) is 9.17. The molecule has 9 heteroatoms. The van der Waals surface area contributed by atoms with Crippen molar-refractivity contribution < 1.29 is 4.79 Å². The smallest absolute Gasteiger partial charge is 0.321 e. The number of urea groups is 1. The lowest BCUT2D eigenvalue weighted by Crippen LogP contribution is -2.42. The Morgan fingerprint density at radius 1 is 1.32 bits per heavy atom. The second-order valence-electron chi connectivity index (χ2n) is 6.86. The van der Waals surface area contributed by atoms with Gasteiger partial charge in [-0.15, -0.1) is 0 Å². The molecule has 1 atom stereocenters. The molecular formula is C19H21N7O2. The van der Waals surface area contributed by atoms with Crippen LogP contribution in [0.4, 0.5) is 10.5 Å². The molecule has 28 heavy (non-hydrogen) atoms. The molecule has 1 aliphatic rings. The maximum absolute atomic E-state index is 12.8. The molecule has 0 aliphatic carbocycles. The number of carbonyl (C=O) groups is 1. The fourth-order valence-electron chi connectivity index (χ4n) is 3.48. The summed E-state index contributed by atoms with van der Waals surface area (Å²) in [4.78, 5) is 37.3. The fourth-order valence-corrected chi connectivity index (χ4v) is 3.48. The number of hydrogen-bond donors (Lipinski definition) is 2. The van der Waals surface area contributed by atoms with Crippen LogP contribution in [0.2, 0.25) is 0 Å². The first-order chi connectivity index (χ1) is 13.6. The van der Waals surface area contributed by atoms with E-state index >= 15 is 0 Å². The van der Waals surface area contributed by atoms with E-state index in [4.69, 9.17) is 0 Å². The molecule has 3 heterocycles. The SMILES string of the molecule is Cc1nc([C@H]2CCCN(C(=O)Nc3cccc(-n4cncn4)c3)C2)cc(=O)[nH]1. The summed E-state index contributed by atoms with van der Waals surface area (Å²) in [7, 11) is 0. The average molecular weight is 379 g/mol. The number of nitrogens with one attached hydrogen (secondary N) is 2. The Hall–Kier alpha value is -3.49. The van der Waals surface area contributed by atoms with Gasteiger partial charge in [0.15, 0.2) is 0 Å². The Balaban J connectivity index is 1.46. The number of nitrogens with zero attached hydrogens (tertiary/aromatic N) is 5. The zero-order chi connectivity index (χ0) is 19.5. The van der Waals surface area contributed by atoms with Gasteiger partial charge in [0.1, 0.15) is 18.5 Å². The van der Waals surface area contributed by atoms with E-state index in [-0.39, 0.29) is 17.5 Å². The first kappa shape index (κ1) is 17.9. The van der Waals surface area contributed by atoms with Crippen LogP contribution in [0, 0.1) is 6.92 Å². The van der Waals surface area contributed by atoms with Gasteiger partial charge in [-0.05, 0) is 38.0 Å². The molecule has 1 aromatic carbocycles. The van der Waals surface area contributed by atoms with Crippen molar-refractivity contribution in [3.05, 3.63) is 64.9 Å². The van der Waals surface area contributed by atoms with Crippen LogP contribution >= 0.6 is 0 Å². The van der Waals surface area contributed by atoms with Gasteiger partial charge in [0.25, 0.3) is 5.56 Å². The fraction of sp³-hybridized carbons (Fsp3) is 0.316. The number of aromatic nitrogens is 5. The molecule has 4 rings (SSSR count). The Bertz CT molecular complexity index is 1030. The summed E-state index contributed by atoms with van der Waals surface area (Å²) in [5.74, 6) is 0.649. The number of hydrogen-bond acceptors (Lipinski definition) is 5. The summed E-state index contributed by atoms with van der Waals surface area (Å²) in [5.41, 5.74) is 2.08. The van der Waals surface area contributed by atoms with Gasteiger partial charge in [0.05, 0.1) is 11.4 Å². The normalized spacial score (nSPS) is 16.8. The minimum Gasteiger partial charge on any atom is -0.324 e. The largest absolute Gasteiger partial charge is 0.324 e. The maximum atomic E-state index is 12.8. The standard InChI is InChI=1S/C19H21N7O2/c1-13-22-17(9-18(27)23-13)14-4-3-7-25(10-14)19(28)24-15-5-2-6-16(8-15)26-12-20-11-21-26/h2,5-6,8-9,11-12,14H,3-4,7,10H2,1H3,(H,24,28)(H,22,23,27)/t14-/m0/s1. The van der Waals surface area contributed by atoms with Crippen LogP contribution in [0.3, 0.4) is 0 Å². The summed E-state index contributed by atoms with van der Waals surface area (Å²) < 4.78 is 1.63. The maximum Gasteiger partial charge on any atom is 0.321 e. The second kappa shape index (κ2) is 7.63. The number of piperidine rings is 1. The van der Waals surface area contributed by atoms with Crippen LogP contribution in [0.1, 0.15) is 30.3 Å². The summed E-state index contributed by atoms with van der Waals surface area (Å²) in [5, 5.41) is 7.05. The molecule has 2 N–H and O–H groups in total. The van der Waals surface area contributed by atoms with Crippen molar-refractivity contribution in [3.8, 4) is 5.69 Å². The molecule has 0 bridgehead atoms. The van der Waals surface area contributed by atoms with Crippen molar-refractivity contribution in [1.82, 2.24) is 29.6 Å². The first-order valence-electron chi connectivity index (χ1n) is 9.17. The minimum absolute atomic E-state index is 0.0574. The molecule has 3 aromatic rings. The van der Waals surface area contributed by atoms with Gasteiger partial charge in [-0.3, -0.25) is 4.79 Å². The Morgan fingerprint density at radius 2 is 2.21 bits per heavy atom. The van der Waals surface area contributed by atoms with E-state index in [2.05, 4.69) is 25.4 Å². The topological polar surface area (TPSA) is 109 Å². The number of H-pyrrole nitrogens is 1. The number of aryl methyl sites for hydroxylation is 1. The zero-order valence-corrected chi connectivity index (χ0v) is 15.5. The number of carbonyl (C=O) groups excluding carboxylic acids is 1. The summed E-state index contributed by atoms with van der Waals surface area (Å²) in [6.45, 7) is 2.97. The van der Waals surface area contributed by atoms with E-state index in [1.807, 2.05) is 24.3 Å². The van der Waals surface area contributed by atoms with Crippen LogP contribution in [-0.4, -0.2) is 48.8 Å². The minimum atomic E-state index is -0.165. The molecule has 0 spiro atoms. The van der Waals surface area contributed by atoms with Gasteiger partial charge < -0.3 is 15.2 Å². The van der Waals surface area contributed by atoms with Crippen LogP contribution in [0.5, 0.6) is 0 Å². The molecule has 2 aromatic heterocycles. The third-order valence-electron chi connectivity index (χ3n) is 4.79. The molecule has 0 radical (unpaired) electrons. The van der Waals surface area contributed by atoms with E-state index in [1.165, 1.54) is 12.4 Å². The number of aromatic amines is 1. The van der Waals surface area contributed by atoms with E-state index in [0.29, 0.717) is 24.6 Å². The third kappa shape index (κ3) is 3.93. The highest BCUT2D eigenvalue weighted by Crippen LogP contribution is 2.25. The van der Waals surface area contributed by atoms with Crippen LogP contribution in [0.15, 0.2) is 47.8 Å². The van der Waals surface area contributed by atoms with Crippen molar-refractivity contribution in [2.45, 2.75) is 25.7 Å². The Labute approximate surface area is 161 Å². The van der Waals surface area contributed by atoms with Gasteiger partial charge in [0.2, 0.25) is 0 Å². The van der Waals surface area contributed by atoms with Crippen LogP contribution in [0.25, 0.3) is 5.69 Å². The van der Waals surface area contributed by atoms with Crippen molar-refractivity contribution in [2.24, 2.45) is 0 Å². The van der Waals surface area contributed by atoms with Gasteiger partial charge in [0, 0.05) is 30.8 Å². The van der Waals surface area contributed by atoms with E-state index < -0.39 is 0 Å². The summed E-state index contributed by atoms with van der Waals surface area (Å²) >= 11 is 0. The lowest BCUT2D eigenvalue weighted by molar-refractivity contribution is 0.192. The monoisotopic (exact) mass is 379 g/mol. The quantitative estimate of drug-likeness (QED) is 0.724. The lowest BCUT2D eigenvalue weighted by Gasteiger charge is -2.32. The number of benzene rings is 1. The highest BCUT2D eigenvalue weighted by molar-refractivity contribution is 5.89. The second-order valence-corrected chi connectivity index (χ2v) is 6.86. The molecule has 1 aliphatic heterocycles. The van der Waals surface area contributed by atoms with Gasteiger partial charge in [-0.2, -0.15) is 5.10 Å². The van der Waals surface area contributed by atoms with E-state index in [0.717, 1.165) is 24.2 Å². The van der Waals surface area contributed by atoms with Gasteiger partial charge in [-0.1, -0.05) is 6.07 Å². The van der Waals surface area contributed by atoms with Crippen molar-refractivity contribution in [3.63, 3.8) is 0 Å². The zero-order valence-electron chi connectivity index (χ0n) is 15.5. The molecule has 2 amide bonds. The highest BCUT2D eigenvalue weighted by atomic mass is 16.2. The number of likely N-dealkylation sites (tertiary alicyclic amines) is 1. The Morgan fingerprint density at radius 3 is 3.00 bits per heavy atom. The highest BCUT2D eigenvalue weighted by Gasteiger charge is 2.26. The van der Waals surface area contributed by atoms with Crippen molar-refractivity contribution in [1.29, 1.82) is 0 Å². The van der Waals surface area contributed by atoms with E-state index in [1.54, 1.807) is 22.8 Å². The van der Waals surface area contributed by atoms with Gasteiger partial charge in [-0.25, -0.2) is 19.4 Å². The molecule has 0 unspecified atom stereocenters. The molecule has 1 saturated heterocycles. The Kier molecular flexibility index (Phi) is 4.88. The summed E-state index contributed by atoms with van der Waals surface area (Å²) in [6, 6.07) is 8.79. The van der Waals surface area contributed by atoms with Gasteiger partial charge >= 0.3 is 6.03 Å². The average Bonchev–Trinajstić information content (AvgIpc) is 3.22. The predicted molar refractivity (Wildman–Crippen MR) is 104 cm³/mol. The number of amides is 2. The van der Waals surface area contributed by atoms with Crippen molar-refractivity contribution >= 4 is 11.7 Å². The molecule has 0 saturated carbocycles. The van der Waals surface area contributed by atoms with E-state index in [9.17, 15) is 9.59 Å². The number of rotatable bonds is 3. The van der Waals surface area contributed by atoms with Crippen LogP contribution < -0.4 is 10.9 Å². The number of anilines is 1. The van der Waals surface area contributed by atoms with Crippen LogP contribution in [-0.2, 0) is 0 Å². The lowest BCUT2D eigenvalue weighted by atomic mass is 9.94. The van der Waals surface area contributed by atoms with Crippen molar-refractivity contribution in [2.75, 3.05) is 18.4 Å². The summed E-state index contributed by atoms with van der Waals surface area (Å²) in [6.07, 6.45) is 4.84. The molecule has 1 fully saturated rings.